The SMILES string of the molecule is Cc1cn(-c2ncc(-c3ccccc3F)cn2)c2cc(C(=O)CCc3ccco3)ccc12. The zero-order chi connectivity index (χ0) is 22.1. The Labute approximate surface area is 184 Å². The molecule has 0 aliphatic carbocycles. The summed E-state index contributed by atoms with van der Waals surface area (Å²) in [5, 5.41) is 1.02. The van der Waals surface area contributed by atoms with E-state index in [1.54, 1.807) is 36.9 Å². The minimum absolute atomic E-state index is 0.0459. The Morgan fingerprint density at radius 2 is 1.88 bits per heavy atom. The molecule has 158 valence electrons. The molecule has 0 amide bonds. The van der Waals surface area contributed by atoms with E-state index in [-0.39, 0.29) is 11.6 Å². The molecule has 2 aromatic carbocycles. The van der Waals surface area contributed by atoms with Crippen LogP contribution in [-0.2, 0) is 6.42 Å². The summed E-state index contributed by atoms with van der Waals surface area (Å²) in [5.74, 6) is 0.985. The van der Waals surface area contributed by atoms with Crippen LogP contribution in [0.1, 0.15) is 28.1 Å². The van der Waals surface area contributed by atoms with Crippen molar-refractivity contribution in [2.75, 3.05) is 0 Å². The number of ketones is 1. The van der Waals surface area contributed by atoms with E-state index in [9.17, 15) is 9.18 Å². The van der Waals surface area contributed by atoms with Gasteiger partial charge in [0, 0.05) is 53.5 Å². The number of carbonyl (C=O) groups excluding carboxylic acids is 1. The highest BCUT2D eigenvalue weighted by atomic mass is 19.1. The van der Waals surface area contributed by atoms with E-state index in [2.05, 4.69) is 9.97 Å². The summed E-state index contributed by atoms with van der Waals surface area (Å²) in [4.78, 5) is 21.7. The first-order valence-corrected chi connectivity index (χ1v) is 10.3. The van der Waals surface area contributed by atoms with Crippen LogP contribution in [0.5, 0.6) is 0 Å². The molecule has 0 aliphatic heterocycles. The minimum Gasteiger partial charge on any atom is -0.469 e. The number of aryl methyl sites for hydroxylation is 2. The third kappa shape index (κ3) is 3.71. The second-order valence-corrected chi connectivity index (χ2v) is 7.67. The summed E-state index contributed by atoms with van der Waals surface area (Å²) >= 11 is 0. The lowest BCUT2D eigenvalue weighted by Gasteiger charge is -2.07. The van der Waals surface area contributed by atoms with Gasteiger partial charge in [-0.1, -0.05) is 30.3 Å². The summed E-state index contributed by atoms with van der Waals surface area (Å²) in [6, 6.07) is 15.9. The Morgan fingerprint density at radius 1 is 1.06 bits per heavy atom. The quantitative estimate of drug-likeness (QED) is 0.316. The van der Waals surface area contributed by atoms with Crippen molar-refractivity contribution in [2.24, 2.45) is 0 Å². The Balaban J connectivity index is 1.47. The van der Waals surface area contributed by atoms with Crippen LogP contribution in [0, 0.1) is 12.7 Å². The number of hydrogen-bond donors (Lipinski definition) is 0. The second-order valence-electron chi connectivity index (χ2n) is 7.67. The third-order valence-corrected chi connectivity index (χ3v) is 5.54. The van der Waals surface area contributed by atoms with E-state index < -0.39 is 0 Å². The van der Waals surface area contributed by atoms with Crippen LogP contribution in [-0.4, -0.2) is 20.3 Å². The maximum Gasteiger partial charge on any atom is 0.234 e. The van der Waals surface area contributed by atoms with Gasteiger partial charge >= 0.3 is 0 Å². The number of fused-ring (bicyclic) bond motifs is 1. The van der Waals surface area contributed by atoms with E-state index in [0.717, 1.165) is 22.2 Å². The number of furan rings is 1. The molecule has 0 spiro atoms. The molecule has 0 unspecified atom stereocenters. The standard InChI is InChI=1S/C26H20FN3O2/c1-17-16-30(26-28-14-19(15-29-26)22-6-2-3-7-23(22)27)24-13-18(8-10-21(17)24)25(31)11-9-20-5-4-12-32-20/h2-8,10,12-16H,9,11H2,1H3. The first kappa shape index (κ1) is 19.9. The van der Waals surface area contributed by atoms with Crippen molar-refractivity contribution >= 4 is 16.7 Å². The van der Waals surface area contributed by atoms with E-state index in [1.165, 1.54) is 6.07 Å². The van der Waals surface area contributed by atoms with Gasteiger partial charge in [-0.15, -0.1) is 0 Å². The number of rotatable bonds is 6. The molecule has 0 saturated carbocycles. The number of aromatic nitrogens is 3. The molecule has 5 aromatic rings. The fourth-order valence-corrected chi connectivity index (χ4v) is 3.85. The minimum atomic E-state index is -0.316. The first-order chi connectivity index (χ1) is 15.6. The van der Waals surface area contributed by atoms with Crippen LogP contribution in [0.3, 0.4) is 0 Å². The second kappa shape index (κ2) is 8.23. The van der Waals surface area contributed by atoms with Crippen molar-refractivity contribution in [3.05, 3.63) is 102 Å². The van der Waals surface area contributed by atoms with Gasteiger partial charge in [-0.25, -0.2) is 14.4 Å². The highest BCUT2D eigenvalue weighted by Crippen LogP contribution is 2.26. The molecule has 0 bridgehead atoms. The average molecular weight is 425 g/mol. The summed E-state index contributed by atoms with van der Waals surface area (Å²) < 4.78 is 21.3. The third-order valence-electron chi connectivity index (χ3n) is 5.54. The van der Waals surface area contributed by atoms with Crippen LogP contribution in [0.2, 0.25) is 0 Å². The number of Topliss-reactive ketones (excluding diaryl/α,β-unsaturated/α-hetero) is 1. The van der Waals surface area contributed by atoms with Crippen molar-refractivity contribution in [1.82, 2.24) is 14.5 Å². The van der Waals surface area contributed by atoms with Gasteiger partial charge in [0.2, 0.25) is 5.95 Å². The monoisotopic (exact) mass is 425 g/mol. The van der Waals surface area contributed by atoms with Crippen LogP contribution in [0.15, 0.2) is 83.9 Å². The summed E-state index contributed by atoms with van der Waals surface area (Å²) in [6.45, 7) is 2.00. The molecule has 3 heterocycles. The molecule has 5 nitrogen and oxygen atoms in total. The molecular formula is C26H20FN3O2. The highest BCUT2D eigenvalue weighted by molar-refractivity contribution is 6.00. The normalized spacial score (nSPS) is 11.2. The summed E-state index contributed by atoms with van der Waals surface area (Å²) in [7, 11) is 0. The predicted molar refractivity (Wildman–Crippen MR) is 120 cm³/mol. The van der Waals surface area contributed by atoms with Crippen LogP contribution >= 0.6 is 0 Å². The van der Waals surface area contributed by atoms with Gasteiger partial charge < -0.3 is 4.42 Å². The Morgan fingerprint density at radius 3 is 2.62 bits per heavy atom. The molecular weight excluding hydrogens is 405 g/mol. The van der Waals surface area contributed by atoms with E-state index >= 15 is 0 Å². The fourth-order valence-electron chi connectivity index (χ4n) is 3.85. The maximum atomic E-state index is 14.1. The smallest absolute Gasteiger partial charge is 0.234 e. The van der Waals surface area contributed by atoms with Crippen molar-refractivity contribution in [3.63, 3.8) is 0 Å². The first-order valence-electron chi connectivity index (χ1n) is 10.3. The Kier molecular flexibility index (Phi) is 5.11. The fraction of sp³-hybridized carbons (Fsp3) is 0.115. The number of hydrogen-bond acceptors (Lipinski definition) is 4. The molecule has 0 aliphatic rings. The highest BCUT2D eigenvalue weighted by Gasteiger charge is 2.14. The molecule has 0 N–H and O–H groups in total. The molecule has 5 rings (SSSR count). The Hall–Kier alpha value is -4.06. The van der Waals surface area contributed by atoms with Crippen LogP contribution in [0.4, 0.5) is 4.39 Å². The summed E-state index contributed by atoms with van der Waals surface area (Å²) in [6.07, 6.45) is 7.70. The van der Waals surface area contributed by atoms with Gasteiger partial charge in [0.1, 0.15) is 11.6 Å². The number of carbonyl (C=O) groups is 1. The van der Waals surface area contributed by atoms with Gasteiger partial charge in [0.15, 0.2) is 5.78 Å². The van der Waals surface area contributed by atoms with Gasteiger partial charge in [-0.2, -0.15) is 0 Å². The molecule has 0 atom stereocenters. The topological polar surface area (TPSA) is 60.9 Å². The molecule has 32 heavy (non-hydrogen) atoms. The van der Waals surface area contributed by atoms with Crippen molar-refractivity contribution in [3.8, 4) is 17.1 Å². The zero-order valence-electron chi connectivity index (χ0n) is 17.5. The number of halogens is 1. The zero-order valence-corrected chi connectivity index (χ0v) is 17.5. The van der Waals surface area contributed by atoms with E-state index in [1.807, 2.05) is 48.0 Å². The van der Waals surface area contributed by atoms with E-state index in [4.69, 9.17) is 4.42 Å². The lowest BCUT2D eigenvalue weighted by Crippen LogP contribution is -2.03. The maximum absolute atomic E-state index is 14.1. The summed E-state index contributed by atoms with van der Waals surface area (Å²) in [5.41, 5.74) is 3.60. The van der Waals surface area contributed by atoms with Gasteiger partial charge in [-0.05, 0) is 36.8 Å². The van der Waals surface area contributed by atoms with Crippen LogP contribution in [0.25, 0.3) is 28.0 Å². The number of benzene rings is 2. The molecule has 0 radical (unpaired) electrons. The molecule has 3 aromatic heterocycles. The molecule has 6 heteroatoms. The van der Waals surface area contributed by atoms with E-state index in [0.29, 0.717) is 35.5 Å². The molecule has 0 saturated heterocycles. The van der Waals surface area contributed by atoms with Crippen molar-refractivity contribution < 1.29 is 13.6 Å². The number of nitrogens with zero attached hydrogens (tertiary/aromatic N) is 3. The van der Waals surface area contributed by atoms with Crippen LogP contribution < -0.4 is 0 Å². The van der Waals surface area contributed by atoms with Gasteiger partial charge in [-0.3, -0.25) is 9.36 Å². The lowest BCUT2D eigenvalue weighted by molar-refractivity contribution is 0.0981. The largest absolute Gasteiger partial charge is 0.469 e. The Bertz CT molecular complexity index is 1400. The van der Waals surface area contributed by atoms with Crippen molar-refractivity contribution in [2.45, 2.75) is 19.8 Å². The average Bonchev–Trinajstić information content (AvgIpc) is 3.46. The lowest BCUT2D eigenvalue weighted by atomic mass is 10.0. The van der Waals surface area contributed by atoms with Crippen molar-refractivity contribution in [1.29, 1.82) is 0 Å². The molecule has 0 fully saturated rings. The predicted octanol–water partition coefficient (Wildman–Crippen LogP) is 5.94. The van der Waals surface area contributed by atoms with Gasteiger partial charge in [0.05, 0.1) is 11.8 Å². The van der Waals surface area contributed by atoms with Gasteiger partial charge in [0.25, 0.3) is 0 Å².